The first-order chi connectivity index (χ1) is 17.1. The first-order valence-electron chi connectivity index (χ1n) is 13.4. The normalized spacial score (nSPS) is 15.5. The first kappa shape index (κ1) is 33.6. The molecule has 1 rings (SSSR count). The summed E-state index contributed by atoms with van der Waals surface area (Å²) in [7, 11) is 5.67. The van der Waals surface area contributed by atoms with Crippen LogP contribution in [0.5, 0.6) is 0 Å². The minimum atomic E-state index is -0.359. The van der Waals surface area contributed by atoms with Gasteiger partial charge >= 0.3 is 6.03 Å². The molecular formula is C29H53N5O2. The molecule has 0 fully saturated rings. The highest BCUT2D eigenvalue weighted by molar-refractivity contribution is 5.95. The van der Waals surface area contributed by atoms with Crippen LogP contribution in [0, 0.1) is 11.8 Å². The van der Waals surface area contributed by atoms with Gasteiger partial charge in [0.2, 0.25) is 5.91 Å². The monoisotopic (exact) mass is 503 g/mol. The largest absolute Gasteiger partial charge is 0.398 e. The summed E-state index contributed by atoms with van der Waals surface area (Å²) in [6, 6.07) is -0.359. The smallest absolute Gasteiger partial charge is 0.323 e. The van der Waals surface area contributed by atoms with Crippen LogP contribution >= 0.6 is 0 Å². The fourth-order valence-corrected chi connectivity index (χ4v) is 4.23. The average Bonchev–Trinajstić information content (AvgIpc) is 2.86. The lowest BCUT2D eigenvalue weighted by atomic mass is 9.77. The molecule has 0 saturated carbocycles. The summed E-state index contributed by atoms with van der Waals surface area (Å²) in [5.74, 6) is -0.229. The van der Waals surface area contributed by atoms with Gasteiger partial charge in [-0.3, -0.25) is 9.69 Å². The van der Waals surface area contributed by atoms with Crippen molar-refractivity contribution in [1.82, 2.24) is 20.4 Å². The van der Waals surface area contributed by atoms with Crippen LogP contribution in [0.25, 0.3) is 0 Å². The van der Waals surface area contributed by atoms with Crippen LogP contribution in [0.15, 0.2) is 47.2 Å². The Bertz CT molecular complexity index is 777. The van der Waals surface area contributed by atoms with Gasteiger partial charge < -0.3 is 21.3 Å². The number of hydrogen-bond acceptors (Lipinski definition) is 5. The Hall–Kier alpha value is -2.38. The number of rotatable bonds is 13. The molecule has 0 heterocycles. The minimum absolute atomic E-state index is 0.159. The molecule has 1 aliphatic carbocycles. The van der Waals surface area contributed by atoms with Gasteiger partial charge in [-0.1, -0.05) is 44.1 Å². The van der Waals surface area contributed by atoms with Gasteiger partial charge in [0.1, 0.15) is 0 Å². The Balaban J connectivity index is 0.00000222. The average molecular weight is 504 g/mol. The van der Waals surface area contributed by atoms with E-state index in [1.165, 1.54) is 16.0 Å². The van der Waals surface area contributed by atoms with Crippen molar-refractivity contribution in [2.75, 3.05) is 47.3 Å². The molecule has 3 amide bonds. The molecular weight excluding hydrogens is 450 g/mol. The topological polar surface area (TPSA) is 90.7 Å². The standard InChI is InChI=1S/C25H42N4O2.C4H11N/c1-7-12-19(21-13-11-14-22(26)23(21)18(5)9-3)16-20(17-27-15-8-2)24(30)29(6)25(31)28-10-4;1-4-5(2)3/h8-9,14,19-20,27H,2,7,10-13,15-17,26H2,1,3-6H3,(H,28,31);4H2,1-3H3/b18-9-;. The van der Waals surface area contributed by atoms with Gasteiger partial charge in [0, 0.05) is 32.4 Å². The first-order valence-corrected chi connectivity index (χ1v) is 13.4. The Morgan fingerprint density at radius 2 is 1.86 bits per heavy atom. The van der Waals surface area contributed by atoms with E-state index >= 15 is 0 Å². The number of nitrogens with zero attached hydrogens (tertiary/aromatic N) is 2. The van der Waals surface area contributed by atoms with Gasteiger partial charge in [-0.15, -0.1) is 6.58 Å². The van der Waals surface area contributed by atoms with Crippen molar-refractivity contribution in [3.8, 4) is 0 Å². The highest BCUT2D eigenvalue weighted by Crippen LogP contribution is 2.37. The zero-order valence-electron chi connectivity index (χ0n) is 24.2. The lowest BCUT2D eigenvalue weighted by Gasteiger charge is -2.31. The van der Waals surface area contributed by atoms with Crippen molar-refractivity contribution >= 4 is 11.9 Å². The zero-order valence-corrected chi connectivity index (χ0v) is 24.2. The fourth-order valence-electron chi connectivity index (χ4n) is 4.23. The van der Waals surface area contributed by atoms with Crippen molar-refractivity contribution in [2.45, 2.75) is 66.7 Å². The van der Waals surface area contributed by atoms with Crippen molar-refractivity contribution in [2.24, 2.45) is 17.6 Å². The zero-order chi connectivity index (χ0) is 27.7. The van der Waals surface area contributed by atoms with Gasteiger partial charge in [-0.25, -0.2) is 4.79 Å². The molecule has 0 aromatic carbocycles. The van der Waals surface area contributed by atoms with Gasteiger partial charge in [0.05, 0.1) is 5.92 Å². The lowest BCUT2D eigenvalue weighted by Crippen LogP contribution is -2.46. The number of nitrogens with one attached hydrogen (secondary N) is 2. The number of hydrogen-bond donors (Lipinski definition) is 3. The SMILES string of the molecule is C=CCNCC(CC(CCC)C1=C(/C(C)=C\C)C(N)=CCC1)C(=O)N(C)C(=O)NCC.CCN(C)C. The lowest BCUT2D eigenvalue weighted by molar-refractivity contribution is -0.131. The second kappa shape index (κ2) is 18.8. The molecule has 2 unspecified atom stereocenters. The molecule has 206 valence electrons. The molecule has 7 heteroatoms. The van der Waals surface area contributed by atoms with E-state index in [1.54, 1.807) is 13.1 Å². The summed E-state index contributed by atoms with van der Waals surface area (Å²) in [4.78, 5) is 28.9. The van der Waals surface area contributed by atoms with Crippen LogP contribution in [0.2, 0.25) is 0 Å². The maximum Gasteiger partial charge on any atom is 0.323 e. The molecule has 0 aromatic heterocycles. The van der Waals surface area contributed by atoms with Gasteiger partial charge in [0.25, 0.3) is 0 Å². The predicted octanol–water partition coefficient (Wildman–Crippen LogP) is 4.84. The third-order valence-corrected chi connectivity index (χ3v) is 6.54. The summed E-state index contributed by atoms with van der Waals surface area (Å²) in [5.41, 5.74) is 10.9. The number of amides is 3. The highest BCUT2D eigenvalue weighted by atomic mass is 16.2. The predicted molar refractivity (Wildman–Crippen MR) is 154 cm³/mol. The fraction of sp³-hybridized carbons (Fsp3) is 0.655. The highest BCUT2D eigenvalue weighted by Gasteiger charge is 2.31. The van der Waals surface area contributed by atoms with Crippen molar-refractivity contribution in [3.63, 3.8) is 0 Å². The van der Waals surface area contributed by atoms with E-state index < -0.39 is 0 Å². The summed E-state index contributed by atoms with van der Waals surface area (Å²) < 4.78 is 0. The quantitative estimate of drug-likeness (QED) is 0.247. The number of carbonyl (C=O) groups excluding carboxylic acids is 2. The molecule has 1 aliphatic rings. The van der Waals surface area contributed by atoms with Crippen molar-refractivity contribution in [3.05, 3.63) is 47.2 Å². The second-order valence-electron chi connectivity index (χ2n) is 9.56. The third kappa shape index (κ3) is 11.6. The van der Waals surface area contributed by atoms with Gasteiger partial charge in [-0.05, 0) is 84.2 Å². The molecule has 4 N–H and O–H groups in total. The van der Waals surface area contributed by atoms with Gasteiger partial charge in [0.15, 0.2) is 0 Å². The van der Waals surface area contributed by atoms with Gasteiger partial charge in [-0.2, -0.15) is 0 Å². The number of imide groups is 1. The molecule has 0 spiro atoms. The molecule has 2 atom stereocenters. The molecule has 0 saturated heterocycles. The number of carbonyl (C=O) groups is 2. The third-order valence-electron chi connectivity index (χ3n) is 6.54. The summed E-state index contributed by atoms with van der Waals surface area (Å²) in [6.07, 6.45) is 10.6. The van der Waals surface area contributed by atoms with Crippen LogP contribution in [0.3, 0.4) is 0 Å². The van der Waals surface area contributed by atoms with E-state index in [0.29, 0.717) is 26.1 Å². The minimum Gasteiger partial charge on any atom is -0.398 e. The van der Waals surface area contributed by atoms with E-state index in [-0.39, 0.29) is 23.8 Å². The van der Waals surface area contributed by atoms with Crippen LogP contribution in [-0.2, 0) is 4.79 Å². The molecule has 36 heavy (non-hydrogen) atoms. The summed E-state index contributed by atoms with van der Waals surface area (Å²) in [6.45, 7) is 16.8. The Morgan fingerprint density at radius 1 is 1.22 bits per heavy atom. The molecule has 0 aromatic rings. The maximum atomic E-state index is 13.2. The summed E-state index contributed by atoms with van der Waals surface area (Å²) in [5, 5.41) is 6.00. The van der Waals surface area contributed by atoms with E-state index in [0.717, 1.165) is 43.5 Å². The Kier molecular flexibility index (Phi) is 17.6. The van der Waals surface area contributed by atoms with E-state index in [2.05, 4.69) is 69.1 Å². The second-order valence-corrected chi connectivity index (χ2v) is 9.56. The van der Waals surface area contributed by atoms with Crippen LogP contribution in [0.4, 0.5) is 4.79 Å². The Labute approximate surface area is 220 Å². The van der Waals surface area contributed by atoms with Crippen LogP contribution in [-0.4, -0.2) is 69.1 Å². The van der Waals surface area contributed by atoms with Crippen molar-refractivity contribution < 1.29 is 9.59 Å². The van der Waals surface area contributed by atoms with Crippen molar-refractivity contribution in [1.29, 1.82) is 0 Å². The van der Waals surface area contributed by atoms with E-state index in [4.69, 9.17) is 5.73 Å². The van der Waals surface area contributed by atoms with Crippen LogP contribution in [0.1, 0.15) is 66.7 Å². The Morgan fingerprint density at radius 3 is 2.36 bits per heavy atom. The number of allylic oxidation sites excluding steroid dienone is 4. The summed E-state index contributed by atoms with van der Waals surface area (Å²) >= 11 is 0. The molecule has 0 radical (unpaired) electrons. The molecule has 7 nitrogen and oxygen atoms in total. The van der Waals surface area contributed by atoms with Crippen LogP contribution < -0.4 is 16.4 Å². The number of urea groups is 1. The number of nitrogens with two attached hydrogens (primary N) is 1. The van der Waals surface area contributed by atoms with E-state index in [9.17, 15) is 9.59 Å². The molecule has 0 bridgehead atoms. The maximum absolute atomic E-state index is 13.2. The molecule has 0 aliphatic heterocycles. The van der Waals surface area contributed by atoms with E-state index in [1.807, 2.05) is 13.8 Å².